The Kier molecular flexibility index (Phi) is 6.15. The van der Waals surface area contributed by atoms with Gasteiger partial charge in [-0.1, -0.05) is 23.9 Å². The maximum absolute atomic E-state index is 11.6. The van der Waals surface area contributed by atoms with Gasteiger partial charge in [-0.2, -0.15) is 0 Å². The van der Waals surface area contributed by atoms with Crippen LogP contribution < -0.4 is 15.0 Å². The third kappa shape index (κ3) is 5.01. The average molecular weight is 401 g/mol. The van der Waals surface area contributed by atoms with Crippen LogP contribution in [0.1, 0.15) is 15.9 Å². The zero-order chi connectivity index (χ0) is 20.1. The molecule has 1 aliphatic rings. The van der Waals surface area contributed by atoms with Crippen molar-refractivity contribution in [3.8, 4) is 5.75 Å². The van der Waals surface area contributed by atoms with Crippen LogP contribution in [0.2, 0.25) is 0 Å². The summed E-state index contributed by atoms with van der Waals surface area (Å²) < 4.78 is 5.72. The molecule has 0 spiro atoms. The summed E-state index contributed by atoms with van der Waals surface area (Å²) >= 11 is 1.02. The quantitative estimate of drug-likeness (QED) is 0.693. The van der Waals surface area contributed by atoms with E-state index in [2.05, 4.69) is 10.3 Å². The van der Waals surface area contributed by atoms with Crippen molar-refractivity contribution < 1.29 is 24.2 Å². The molecule has 1 aromatic heterocycles. The number of benzene rings is 1. The molecule has 1 unspecified atom stereocenters. The molecule has 1 fully saturated rings. The lowest BCUT2D eigenvalue weighted by Crippen LogP contribution is -2.25. The number of likely N-dealkylation sites (N-methyl/N-ethyl adjacent to an activating group) is 1. The summed E-state index contributed by atoms with van der Waals surface area (Å²) in [4.78, 5) is 39.7. The fourth-order valence-corrected chi connectivity index (χ4v) is 3.48. The number of ether oxygens (including phenoxy) is 1. The Labute approximate surface area is 165 Å². The van der Waals surface area contributed by atoms with E-state index in [9.17, 15) is 14.4 Å². The molecule has 2 amide bonds. The minimum atomic E-state index is -1.01. The van der Waals surface area contributed by atoms with Crippen LogP contribution in [0.25, 0.3) is 0 Å². The molecule has 2 N–H and O–H groups in total. The van der Waals surface area contributed by atoms with Crippen LogP contribution in [0.3, 0.4) is 0 Å². The lowest BCUT2D eigenvalue weighted by Gasteiger charge is -2.18. The molecule has 1 atom stereocenters. The standard InChI is InChI=1S/C19H19N3O5S/c1-22(16-7-4-13(11-20-16)18(24)25)8-9-27-14-5-2-12(3-6-14)10-15-17(23)21-19(26)28-15/h2-7,11,15H,8-10H2,1H3,(H,24,25)(H,21,23,26). The Hall–Kier alpha value is -3.07. The van der Waals surface area contributed by atoms with Crippen molar-refractivity contribution in [1.29, 1.82) is 0 Å². The number of amides is 2. The normalized spacial score (nSPS) is 16.0. The predicted octanol–water partition coefficient (Wildman–Crippen LogP) is 2.19. The Balaban J connectivity index is 1.46. The molecule has 1 aliphatic heterocycles. The number of nitrogens with zero attached hydrogens (tertiary/aromatic N) is 2. The van der Waals surface area contributed by atoms with Crippen LogP contribution in [0, 0.1) is 0 Å². The number of hydrogen-bond donors (Lipinski definition) is 2. The van der Waals surface area contributed by atoms with Gasteiger partial charge >= 0.3 is 5.97 Å². The van der Waals surface area contributed by atoms with E-state index in [1.54, 1.807) is 6.07 Å². The second-order valence-corrected chi connectivity index (χ2v) is 7.39. The van der Waals surface area contributed by atoms with E-state index >= 15 is 0 Å². The number of carbonyl (C=O) groups is 3. The third-order valence-corrected chi connectivity index (χ3v) is 5.17. The zero-order valence-electron chi connectivity index (χ0n) is 15.1. The number of nitrogens with one attached hydrogen (secondary N) is 1. The van der Waals surface area contributed by atoms with Gasteiger partial charge in [-0.3, -0.25) is 14.9 Å². The highest BCUT2D eigenvalue weighted by atomic mass is 32.2. The first kappa shape index (κ1) is 19.7. The number of pyridine rings is 1. The monoisotopic (exact) mass is 401 g/mol. The van der Waals surface area contributed by atoms with Gasteiger partial charge in [0.2, 0.25) is 5.91 Å². The summed E-state index contributed by atoms with van der Waals surface area (Å²) in [6, 6.07) is 10.6. The molecule has 2 aromatic rings. The van der Waals surface area contributed by atoms with E-state index in [1.807, 2.05) is 36.2 Å². The van der Waals surface area contributed by atoms with Crippen LogP contribution in [0.4, 0.5) is 10.6 Å². The Morgan fingerprint density at radius 1 is 1.25 bits per heavy atom. The Bertz CT molecular complexity index is 870. The summed E-state index contributed by atoms with van der Waals surface area (Å²) in [6.45, 7) is 0.996. The third-order valence-electron chi connectivity index (χ3n) is 4.19. The van der Waals surface area contributed by atoms with Crippen molar-refractivity contribution in [3.05, 3.63) is 53.7 Å². The molecule has 2 heterocycles. The molecule has 146 valence electrons. The lowest BCUT2D eigenvalue weighted by molar-refractivity contribution is -0.118. The van der Waals surface area contributed by atoms with E-state index in [-0.39, 0.29) is 22.0 Å². The molecule has 1 saturated heterocycles. The summed E-state index contributed by atoms with van der Waals surface area (Å²) in [5.41, 5.74) is 1.10. The van der Waals surface area contributed by atoms with Crippen LogP contribution >= 0.6 is 11.8 Å². The van der Waals surface area contributed by atoms with E-state index in [1.165, 1.54) is 12.3 Å². The van der Waals surface area contributed by atoms with Crippen molar-refractivity contribution in [2.75, 3.05) is 25.1 Å². The van der Waals surface area contributed by atoms with E-state index in [0.29, 0.717) is 31.1 Å². The van der Waals surface area contributed by atoms with Gasteiger partial charge in [-0.25, -0.2) is 9.78 Å². The summed E-state index contributed by atoms with van der Waals surface area (Å²) in [6.07, 6.45) is 1.81. The molecule has 28 heavy (non-hydrogen) atoms. The first-order valence-electron chi connectivity index (χ1n) is 8.56. The zero-order valence-corrected chi connectivity index (χ0v) is 15.9. The van der Waals surface area contributed by atoms with Crippen LogP contribution in [0.5, 0.6) is 5.75 Å². The van der Waals surface area contributed by atoms with Gasteiger partial charge in [0.25, 0.3) is 5.24 Å². The van der Waals surface area contributed by atoms with E-state index in [0.717, 1.165) is 17.3 Å². The number of aromatic nitrogens is 1. The number of thioether (sulfide) groups is 1. The van der Waals surface area contributed by atoms with Gasteiger partial charge in [0.1, 0.15) is 18.2 Å². The van der Waals surface area contributed by atoms with E-state index < -0.39 is 5.97 Å². The highest BCUT2D eigenvalue weighted by Gasteiger charge is 2.31. The number of rotatable bonds is 8. The Morgan fingerprint density at radius 3 is 2.57 bits per heavy atom. The molecule has 0 bridgehead atoms. The number of aromatic carboxylic acids is 1. The maximum Gasteiger partial charge on any atom is 0.337 e. The first-order valence-corrected chi connectivity index (χ1v) is 9.44. The SMILES string of the molecule is CN(CCOc1ccc(CC2SC(=O)NC2=O)cc1)c1ccc(C(=O)O)cn1. The van der Waals surface area contributed by atoms with Gasteiger partial charge in [-0.15, -0.1) is 0 Å². The molecular weight excluding hydrogens is 382 g/mol. The minimum absolute atomic E-state index is 0.145. The average Bonchev–Trinajstić information content (AvgIpc) is 3.00. The summed E-state index contributed by atoms with van der Waals surface area (Å²) in [5.74, 6) is 0.104. The van der Waals surface area contributed by atoms with Gasteiger partial charge in [-0.05, 0) is 36.2 Å². The van der Waals surface area contributed by atoms with Crippen molar-refractivity contribution in [1.82, 2.24) is 10.3 Å². The number of carboxylic acids is 1. The molecule has 0 aliphatic carbocycles. The second kappa shape index (κ2) is 8.75. The Morgan fingerprint density at radius 2 is 2.00 bits per heavy atom. The molecule has 0 radical (unpaired) electrons. The molecule has 8 nitrogen and oxygen atoms in total. The van der Waals surface area contributed by atoms with Crippen LogP contribution in [-0.4, -0.2) is 52.7 Å². The number of carbonyl (C=O) groups excluding carboxylic acids is 2. The largest absolute Gasteiger partial charge is 0.492 e. The maximum atomic E-state index is 11.6. The van der Waals surface area contributed by atoms with Gasteiger partial charge in [0.05, 0.1) is 17.4 Å². The predicted molar refractivity (Wildman–Crippen MR) is 105 cm³/mol. The van der Waals surface area contributed by atoms with E-state index in [4.69, 9.17) is 9.84 Å². The minimum Gasteiger partial charge on any atom is -0.492 e. The van der Waals surface area contributed by atoms with Gasteiger partial charge in [0, 0.05) is 13.2 Å². The summed E-state index contributed by atoms with van der Waals surface area (Å²) in [5, 5.41) is 10.5. The smallest absolute Gasteiger partial charge is 0.337 e. The number of imide groups is 1. The molecular formula is C19H19N3O5S. The summed E-state index contributed by atoms with van der Waals surface area (Å²) in [7, 11) is 1.85. The molecule has 9 heteroatoms. The van der Waals surface area contributed by atoms with Crippen molar-refractivity contribution in [2.24, 2.45) is 0 Å². The van der Waals surface area contributed by atoms with Crippen molar-refractivity contribution in [2.45, 2.75) is 11.7 Å². The van der Waals surface area contributed by atoms with Crippen LogP contribution in [-0.2, 0) is 11.2 Å². The molecule has 1 aromatic carbocycles. The van der Waals surface area contributed by atoms with Gasteiger partial charge in [0.15, 0.2) is 0 Å². The second-order valence-electron chi connectivity index (χ2n) is 6.21. The highest BCUT2D eigenvalue weighted by Crippen LogP contribution is 2.23. The highest BCUT2D eigenvalue weighted by molar-refractivity contribution is 8.15. The first-order chi connectivity index (χ1) is 13.4. The number of hydrogen-bond acceptors (Lipinski definition) is 7. The molecule has 3 rings (SSSR count). The van der Waals surface area contributed by atoms with Crippen molar-refractivity contribution >= 4 is 34.7 Å². The number of anilines is 1. The number of carboxylic acid groups (broad SMARTS) is 1. The fraction of sp³-hybridized carbons (Fsp3) is 0.263. The fourth-order valence-electron chi connectivity index (χ4n) is 2.62. The molecule has 0 saturated carbocycles. The topological polar surface area (TPSA) is 109 Å². The lowest BCUT2D eigenvalue weighted by atomic mass is 10.1. The van der Waals surface area contributed by atoms with Crippen molar-refractivity contribution in [3.63, 3.8) is 0 Å². The van der Waals surface area contributed by atoms with Gasteiger partial charge < -0.3 is 14.7 Å². The van der Waals surface area contributed by atoms with Crippen LogP contribution in [0.15, 0.2) is 42.6 Å².